The predicted molar refractivity (Wildman–Crippen MR) is 120 cm³/mol. The Morgan fingerprint density at radius 1 is 1.26 bits per heavy atom. The van der Waals surface area contributed by atoms with Crippen molar-refractivity contribution in [1.29, 1.82) is 0 Å². The van der Waals surface area contributed by atoms with Crippen LogP contribution in [0.2, 0.25) is 0 Å². The van der Waals surface area contributed by atoms with E-state index in [0.717, 1.165) is 5.69 Å². The Bertz CT molecular complexity index is 1150. The van der Waals surface area contributed by atoms with E-state index in [1.807, 2.05) is 35.2 Å². The summed E-state index contributed by atoms with van der Waals surface area (Å²) in [5.41, 5.74) is -0.263. The molecular weight excluding hydrogens is 444 g/mol. The van der Waals surface area contributed by atoms with Gasteiger partial charge in [0.1, 0.15) is 11.9 Å². The number of para-hydroxylation sites is 1. The van der Waals surface area contributed by atoms with E-state index < -0.39 is 29.0 Å². The number of methoxy groups -OCH3 is 2. The zero-order chi connectivity index (χ0) is 24.5. The van der Waals surface area contributed by atoms with Gasteiger partial charge in [-0.15, -0.1) is 5.10 Å². The number of aromatic nitrogens is 4. The molecule has 0 fully saturated rings. The summed E-state index contributed by atoms with van der Waals surface area (Å²) in [6, 6.07) is 12.9. The molecule has 0 spiro atoms. The molecule has 0 saturated carbocycles. The fourth-order valence-electron chi connectivity index (χ4n) is 4.35. The van der Waals surface area contributed by atoms with Gasteiger partial charge in [0.25, 0.3) is 5.69 Å². The highest BCUT2D eigenvalue weighted by atomic mass is 16.7. The first-order valence-electron chi connectivity index (χ1n) is 10.5. The van der Waals surface area contributed by atoms with Gasteiger partial charge in [0.15, 0.2) is 17.7 Å². The number of nitrogens with zero attached hydrogens (tertiary/aromatic N) is 6. The fraction of sp³-hybridized carbons (Fsp3) is 0.409. The minimum atomic E-state index is -1.34. The quantitative estimate of drug-likeness (QED) is 0.295. The van der Waals surface area contributed by atoms with Crippen molar-refractivity contribution in [2.24, 2.45) is 7.05 Å². The summed E-state index contributed by atoms with van der Waals surface area (Å²) in [4.78, 5) is 13.0. The largest absolute Gasteiger partial charge is 0.479 e. The van der Waals surface area contributed by atoms with Gasteiger partial charge in [-0.3, -0.25) is 10.1 Å². The molecule has 2 aromatic carbocycles. The van der Waals surface area contributed by atoms with E-state index in [4.69, 9.17) is 14.2 Å². The lowest BCUT2D eigenvalue weighted by Crippen LogP contribution is -2.62. The van der Waals surface area contributed by atoms with Gasteiger partial charge in [0.05, 0.1) is 17.5 Å². The van der Waals surface area contributed by atoms with E-state index in [0.29, 0.717) is 17.1 Å². The molecule has 34 heavy (non-hydrogen) atoms. The number of aryl methyl sites for hydroxylation is 1. The van der Waals surface area contributed by atoms with Crippen LogP contribution in [-0.4, -0.2) is 62.5 Å². The topological polar surface area (TPSA) is 138 Å². The molecule has 0 saturated heterocycles. The van der Waals surface area contributed by atoms with Crippen molar-refractivity contribution >= 4 is 11.4 Å². The van der Waals surface area contributed by atoms with Crippen molar-refractivity contribution in [3.63, 3.8) is 0 Å². The average molecular weight is 470 g/mol. The molecule has 2 heterocycles. The molecule has 0 unspecified atom stereocenters. The molecule has 4 rings (SSSR count). The first-order valence-corrected chi connectivity index (χ1v) is 10.5. The summed E-state index contributed by atoms with van der Waals surface area (Å²) < 4.78 is 18.7. The molecule has 0 aliphatic carbocycles. The number of tetrazole rings is 1. The van der Waals surface area contributed by atoms with Crippen molar-refractivity contribution in [1.82, 2.24) is 20.2 Å². The number of hydrogen-bond donors (Lipinski definition) is 1. The van der Waals surface area contributed by atoms with Crippen molar-refractivity contribution in [3.05, 3.63) is 70.0 Å². The number of aliphatic hydroxyl groups is 1. The van der Waals surface area contributed by atoms with Crippen LogP contribution in [0.25, 0.3) is 0 Å². The molecule has 12 nitrogen and oxygen atoms in total. The van der Waals surface area contributed by atoms with Crippen LogP contribution < -0.4 is 9.64 Å². The molecule has 1 aliphatic heterocycles. The molecule has 3 aromatic rings. The van der Waals surface area contributed by atoms with Gasteiger partial charge < -0.3 is 24.2 Å². The van der Waals surface area contributed by atoms with Crippen LogP contribution in [-0.2, 0) is 23.1 Å². The third kappa shape index (κ3) is 4.06. The van der Waals surface area contributed by atoms with Gasteiger partial charge in [0.2, 0.25) is 0 Å². The molecule has 0 amide bonds. The smallest absolute Gasteiger partial charge is 0.270 e. The number of fused-ring (bicyclic) bond motifs is 1. The average Bonchev–Trinajstić information content (AvgIpc) is 3.24. The van der Waals surface area contributed by atoms with Crippen molar-refractivity contribution in [2.45, 2.75) is 37.5 Å². The maximum Gasteiger partial charge on any atom is 0.270 e. The van der Waals surface area contributed by atoms with Crippen LogP contribution >= 0.6 is 0 Å². The maximum absolute atomic E-state index is 11.8. The van der Waals surface area contributed by atoms with Crippen LogP contribution in [0, 0.1) is 10.1 Å². The molecule has 12 heteroatoms. The summed E-state index contributed by atoms with van der Waals surface area (Å²) in [6.07, 6.45) is -2.16. The minimum absolute atomic E-state index is 0.119. The van der Waals surface area contributed by atoms with Gasteiger partial charge >= 0.3 is 0 Å². The SMILES string of the molecule is COC(OC)[C@@]1(C)Oc2ccc([N+](=O)[O-])cc2[C@@H](N(Cc2nnnn2C)c2ccccc2)[C@@H]1O. The van der Waals surface area contributed by atoms with Crippen LogP contribution in [0.15, 0.2) is 48.5 Å². The van der Waals surface area contributed by atoms with Gasteiger partial charge in [0, 0.05) is 44.7 Å². The Balaban J connectivity index is 1.92. The summed E-state index contributed by atoms with van der Waals surface area (Å²) in [5.74, 6) is 0.908. The highest BCUT2D eigenvalue weighted by molar-refractivity contribution is 5.55. The van der Waals surface area contributed by atoms with E-state index >= 15 is 0 Å². The Kier molecular flexibility index (Phi) is 6.46. The molecule has 0 bridgehead atoms. The molecule has 180 valence electrons. The summed E-state index contributed by atoms with van der Waals surface area (Å²) in [5, 5.41) is 35.1. The van der Waals surface area contributed by atoms with Crippen molar-refractivity contribution in [3.8, 4) is 5.75 Å². The Labute approximate surface area is 195 Å². The van der Waals surface area contributed by atoms with Crippen molar-refractivity contribution < 1.29 is 24.2 Å². The van der Waals surface area contributed by atoms with Gasteiger partial charge in [-0.25, -0.2) is 4.68 Å². The molecule has 3 atom stereocenters. The number of nitro benzene ring substituents is 1. The maximum atomic E-state index is 11.8. The highest BCUT2D eigenvalue weighted by Gasteiger charge is 2.54. The number of anilines is 1. The lowest BCUT2D eigenvalue weighted by Gasteiger charge is -2.49. The standard InChI is InChI=1S/C22H26N6O6/c1-22(21(32-3)33-4)20(29)19(16-12-15(28(30)31)10-11-17(16)34-22)27(14-8-6-5-7-9-14)13-18-23-24-25-26(18)2/h5-12,19-21,29H,13H2,1-4H3/t19-,20+,22+/m1/s1. The van der Waals surface area contributed by atoms with Crippen molar-refractivity contribution in [2.75, 3.05) is 19.1 Å². The Morgan fingerprint density at radius 3 is 2.56 bits per heavy atom. The third-order valence-corrected chi connectivity index (χ3v) is 6.08. The van der Waals surface area contributed by atoms with E-state index in [-0.39, 0.29) is 12.2 Å². The Morgan fingerprint density at radius 2 is 1.97 bits per heavy atom. The first-order chi connectivity index (χ1) is 16.3. The van der Waals surface area contributed by atoms with E-state index in [2.05, 4.69) is 15.5 Å². The Hall–Kier alpha value is -3.61. The zero-order valence-electron chi connectivity index (χ0n) is 19.2. The van der Waals surface area contributed by atoms with E-state index in [1.54, 1.807) is 14.0 Å². The zero-order valence-corrected chi connectivity index (χ0v) is 19.2. The fourth-order valence-corrected chi connectivity index (χ4v) is 4.35. The first kappa shape index (κ1) is 23.5. The second-order valence-corrected chi connectivity index (χ2v) is 8.14. The second kappa shape index (κ2) is 9.33. The van der Waals surface area contributed by atoms with Crippen LogP contribution in [0.5, 0.6) is 5.75 Å². The number of nitro groups is 1. The number of benzene rings is 2. The molecule has 1 aliphatic rings. The third-order valence-electron chi connectivity index (χ3n) is 6.08. The van der Waals surface area contributed by atoms with Gasteiger partial charge in [-0.05, 0) is 35.5 Å². The number of non-ortho nitro benzene ring substituents is 1. The molecule has 1 N–H and O–H groups in total. The van der Waals surface area contributed by atoms with E-state index in [9.17, 15) is 15.2 Å². The van der Waals surface area contributed by atoms with E-state index in [1.165, 1.54) is 37.1 Å². The molecule has 1 aromatic heterocycles. The lowest BCUT2D eigenvalue weighted by atomic mass is 9.83. The van der Waals surface area contributed by atoms with Gasteiger partial charge in [-0.2, -0.15) is 0 Å². The minimum Gasteiger partial charge on any atom is -0.479 e. The monoisotopic (exact) mass is 470 g/mol. The highest BCUT2D eigenvalue weighted by Crippen LogP contribution is 2.47. The summed E-state index contributed by atoms with van der Waals surface area (Å²) >= 11 is 0. The lowest BCUT2D eigenvalue weighted by molar-refractivity contribution is -0.385. The summed E-state index contributed by atoms with van der Waals surface area (Å²) in [6.45, 7) is 1.89. The molecular formula is C22H26N6O6. The number of ether oxygens (including phenoxy) is 3. The van der Waals surface area contributed by atoms with Crippen LogP contribution in [0.4, 0.5) is 11.4 Å². The van der Waals surface area contributed by atoms with Gasteiger partial charge in [-0.1, -0.05) is 18.2 Å². The summed E-state index contributed by atoms with van der Waals surface area (Å²) in [7, 11) is 4.62. The van der Waals surface area contributed by atoms with Crippen LogP contribution in [0.3, 0.4) is 0 Å². The second-order valence-electron chi connectivity index (χ2n) is 8.14. The number of rotatable bonds is 8. The number of aliphatic hydroxyl groups excluding tert-OH is 1. The predicted octanol–water partition coefficient (Wildman–Crippen LogP) is 2.00. The number of hydrogen-bond acceptors (Lipinski definition) is 10. The normalized spacial score (nSPS) is 21.7. The van der Waals surface area contributed by atoms with Crippen LogP contribution in [0.1, 0.15) is 24.4 Å². The molecule has 0 radical (unpaired) electrons.